The van der Waals surface area contributed by atoms with Gasteiger partial charge >= 0.3 is 7.94 Å². The monoisotopic (exact) mass is 256 g/mol. The van der Waals surface area contributed by atoms with E-state index in [9.17, 15) is 0 Å². The van der Waals surface area contributed by atoms with Gasteiger partial charge in [-0.05, 0) is 38.5 Å². The molecule has 0 aromatic heterocycles. The van der Waals surface area contributed by atoms with E-state index in [0.29, 0.717) is 6.23 Å². The molecule has 0 amide bonds. The lowest BCUT2D eigenvalue weighted by atomic mass is 10.4. The molecule has 0 aliphatic carbocycles. The standard InChI is InChI=1S/C12H23N3OP/c1-2-8-13(7-1)17(14-9-3-4-10-14)15-11-5-6-12(15)16-17/h12H,1-11H2/q+1. The molecule has 0 saturated carbocycles. The van der Waals surface area contributed by atoms with E-state index >= 15 is 0 Å². The van der Waals surface area contributed by atoms with Crippen LogP contribution in [0.1, 0.15) is 38.5 Å². The summed E-state index contributed by atoms with van der Waals surface area (Å²) in [7, 11) is -1.47. The molecule has 1 unspecified atom stereocenters. The molecule has 0 radical (unpaired) electrons. The Labute approximate surface area is 104 Å². The predicted molar refractivity (Wildman–Crippen MR) is 69.3 cm³/mol. The highest BCUT2D eigenvalue weighted by Gasteiger charge is 2.72. The minimum Gasteiger partial charge on any atom is -0.158 e. The topological polar surface area (TPSA) is 19.0 Å². The van der Waals surface area contributed by atoms with E-state index < -0.39 is 7.94 Å². The molecule has 4 aliphatic rings. The lowest BCUT2D eigenvalue weighted by Gasteiger charge is -2.50. The number of rotatable bonds is 2. The van der Waals surface area contributed by atoms with Crippen LogP contribution in [-0.4, -0.2) is 53.0 Å². The quantitative estimate of drug-likeness (QED) is 0.706. The SMILES string of the molecule is C1CCN([P+]2(N3CCCC3)OC3CCCN32)C1. The van der Waals surface area contributed by atoms with Crippen molar-refractivity contribution in [2.75, 3.05) is 32.7 Å². The van der Waals surface area contributed by atoms with Crippen LogP contribution in [0.15, 0.2) is 0 Å². The summed E-state index contributed by atoms with van der Waals surface area (Å²) in [5, 5.41) is 0. The third-order valence-electron chi connectivity index (χ3n) is 4.67. The first kappa shape index (κ1) is 11.1. The molecule has 4 fully saturated rings. The molecule has 17 heavy (non-hydrogen) atoms. The third kappa shape index (κ3) is 1.48. The highest BCUT2D eigenvalue weighted by molar-refractivity contribution is 7.65. The van der Waals surface area contributed by atoms with Gasteiger partial charge < -0.3 is 0 Å². The number of hydrogen-bond acceptors (Lipinski definition) is 4. The van der Waals surface area contributed by atoms with Crippen molar-refractivity contribution in [3.05, 3.63) is 0 Å². The Kier molecular flexibility index (Phi) is 2.71. The van der Waals surface area contributed by atoms with E-state index in [1.54, 1.807) is 0 Å². The van der Waals surface area contributed by atoms with Crippen LogP contribution in [0.2, 0.25) is 0 Å². The molecule has 96 valence electrons. The van der Waals surface area contributed by atoms with Crippen molar-refractivity contribution in [1.29, 1.82) is 0 Å². The summed E-state index contributed by atoms with van der Waals surface area (Å²) in [6.07, 6.45) is 8.57. The maximum absolute atomic E-state index is 6.51. The van der Waals surface area contributed by atoms with Crippen LogP contribution in [0.5, 0.6) is 0 Å². The van der Waals surface area contributed by atoms with Gasteiger partial charge in [0.05, 0.1) is 0 Å². The largest absolute Gasteiger partial charge is 0.375 e. The first-order valence-electron chi connectivity index (χ1n) is 7.27. The van der Waals surface area contributed by atoms with Crippen LogP contribution in [0, 0.1) is 0 Å². The second kappa shape index (κ2) is 4.14. The zero-order valence-corrected chi connectivity index (χ0v) is 11.4. The average molecular weight is 256 g/mol. The second-order valence-corrected chi connectivity index (χ2v) is 8.58. The summed E-state index contributed by atoms with van der Waals surface area (Å²) in [5.74, 6) is 0. The summed E-state index contributed by atoms with van der Waals surface area (Å²) in [4.78, 5) is 0. The Hall–Kier alpha value is 0.270. The molecular formula is C12H23N3OP+. The van der Waals surface area contributed by atoms with Gasteiger partial charge in [-0.15, -0.1) is 9.34 Å². The Bertz CT molecular complexity index is 277. The van der Waals surface area contributed by atoms with Crippen molar-refractivity contribution in [2.24, 2.45) is 0 Å². The third-order valence-corrected chi connectivity index (χ3v) is 8.60. The van der Waals surface area contributed by atoms with Crippen LogP contribution in [0.3, 0.4) is 0 Å². The molecule has 0 bridgehead atoms. The number of hydrogen-bond donors (Lipinski definition) is 0. The highest BCUT2D eigenvalue weighted by atomic mass is 31.2. The predicted octanol–water partition coefficient (Wildman–Crippen LogP) is 2.31. The van der Waals surface area contributed by atoms with Crippen LogP contribution in [0.25, 0.3) is 0 Å². The minimum atomic E-state index is -1.47. The molecule has 4 nitrogen and oxygen atoms in total. The molecule has 4 saturated heterocycles. The molecule has 0 aromatic rings. The zero-order chi connectivity index (χ0) is 11.3. The van der Waals surface area contributed by atoms with Gasteiger partial charge in [-0.1, -0.05) is 4.67 Å². The van der Waals surface area contributed by atoms with E-state index in [-0.39, 0.29) is 0 Å². The Morgan fingerprint density at radius 1 is 0.765 bits per heavy atom. The number of fused-ring (bicyclic) bond motifs is 1. The van der Waals surface area contributed by atoms with E-state index in [0.717, 1.165) is 0 Å². The van der Waals surface area contributed by atoms with E-state index in [4.69, 9.17) is 4.52 Å². The van der Waals surface area contributed by atoms with Gasteiger partial charge in [0.25, 0.3) is 0 Å². The Morgan fingerprint density at radius 2 is 1.35 bits per heavy atom. The maximum Gasteiger partial charge on any atom is 0.375 e. The van der Waals surface area contributed by atoms with E-state index in [1.807, 2.05) is 0 Å². The molecule has 4 heterocycles. The van der Waals surface area contributed by atoms with Crippen LogP contribution in [0.4, 0.5) is 0 Å². The van der Waals surface area contributed by atoms with Crippen molar-refractivity contribution >= 4 is 7.94 Å². The highest BCUT2D eigenvalue weighted by Crippen LogP contribution is 2.79. The summed E-state index contributed by atoms with van der Waals surface area (Å²) >= 11 is 0. The van der Waals surface area contributed by atoms with Crippen LogP contribution in [-0.2, 0) is 4.52 Å². The molecule has 4 aliphatic heterocycles. The first-order chi connectivity index (χ1) is 8.41. The zero-order valence-electron chi connectivity index (χ0n) is 10.6. The van der Waals surface area contributed by atoms with Gasteiger partial charge in [0, 0.05) is 32.7 Å². The van der Waals surface area contributed by atoms with Gasteiger partial charge in [-0.3, -0.25) is 0 Å². The fourth-order valence-electron chi connectivity index (χ4n) is 3.87. The summed E-state index contributed by atoms with van der Waals surface area (Å²) in [5.41, 5.74) is 0. The van der Waals surface area contributed by atoms with Crippen molar-refractivity contribution < 1.29 is 4.52 Å². The van der Waals surface area contributed by atoms with Gasteiger partial charge in [0.1, 0.15) is 0 Å². The molecule has 1 atom stereocenters. The first-order valence-corrected chi connectivity index (χ1v) is 8.83. The van der Waals surface area contributed by atoms with Crippen LogP contribution >= 0.6 is 7.94 Å². The molecule has 0 spiro atoms. The van der Waals surface area contributed by atoms with Crippen molar-refractivity contribution in [2.45, 2.75) is 44.8 Å². The summed E-state index contributed by atoms with van der Waals surface area (Å²) in [6.45, 7) is 6.37. The fraction of sp³-hybridized carbons (Fsp3) is 1.00. The number of nitrogens with zero attached hydrogens (tertiary/aromatic N) is 3. The second-order valence-electron chi connectivity index (χ2n) is 5.70. The van der Waals surface area contributed by atoms with Crippen molar-refractivity contribution in [3.63, 3.8) is 0 Å². The van der Waals surface area contributed by atoms with E-state index in [1.165, 1.54) is 71.2 Å². The fourth-order valence-corrected chi connectivity index (χ4v) is 8.18. The maximum atomic E-state index is 6.51. The van der Waals surface area contributed by atoms with Gasteiger partial charge in [-0.2, -0.15) is 4.52 Å². The van der Waals surface area contributed by atoms with Gasteiger partial charge in [0.15, 0.2) is 6.23 Å². The molecule has 5 heteroatoms. The lowest BCUT2D eigenvalue weighted by Crippen LogP contribution is -2.55. The van der Waals surface area contributed by atoms with Gasteiger partial charge in [0.2, 0.25) is 0 Å². The van der Waals surface area contributed by atoms with Gasteiger partial charge in [-0.25, -0.2) is 0 Å². The Balaban J connectivity index is 1.62. The van der Waals surface area contributed by atoms with Crippen molar-refractivity contribution in [3.8, 4) is 0 Å². The molecular weight excluding hydrogens is 233 g/mol. The average Bonchev–Trinajstić information content (AvgIpc) is 3.03. The van der Waals surface area contributed by atoms with Crippen molar-refractivity contribution in [1.82, 2.24) is 14.0 Å². The molecule has 4 rings (SSSR count). The normalized spacial score (nSPS) is 38.5. The Morgan fingerprint density at radius 3 is 1.88 bits per heavy atom. The van der Waals surface area contributed by atoms with Crippen LogP contribution < -0.4 is 0 Å². The summed E-state index contributed by atoms with van der Waals surface area (Å²) < 4.78 is 14.7. The molecule has 0 aromatic carbocycles. The smallest absolute Gasteiger partial charge is 0.158 e. The lowest BCUT2D eigenvalue weighted by molar-refractivity contribution is -0.00400. The molecule has 0 N–H and O–H groups in total. The minimum absolute atomic E-state index is 0.476. The summed E-state index contributed by atoms with van der Waals surface area (Å²) in [6, 6.07) is 0. The van der Waals surface area contributed by atoms with E-state index in [2.05, 4.69) is 14.0 Å².